The monoisotopic (exact) mass is 261 g/mol. The maximum absolute atomic E-state index is 9.33. The lowest BCUT2D eigenvalue weighted by Gasteiger charge is -2.03. The number of aliphatic hydroxyl groups is 1. The van der Waals surface area contributed by atoms with Gasteiger partial charge in [0.15, 0.2) is 0 Å². The molecule has 2 aromatic rings. The summed E-state index contributed by atoms with van der Waals surface area (Å²) in [5.74, 6) is 0. The molecule has 1 heterocycles. The number of rotatable bonds is 5. The highest BCUT2D eigenvalue weighted by Gasteiger charge is 2.10. The van der Waals surface area contributed by atoms with E-state index in [2.05, 4.69) is 36.2 Å². The Hall–Kier alpha value is -1.19. The molecule has 0 amide bonds. The first kappa shape index (κ1) is 13.2. The van der Waals surface area contributed by atoms with Gasteiger partial charge >= 0.3 is 0 Å². The van der Waals surface area contributed by atoms with Crippen molar-refractivity contribution < 1.29 is 5.11 Å². The number of nitrogens with zero attached hydrogens (tertiary/aromatic N) is 1. The molecule has 1 aromatic heterocycles. The molecule has 0 saturated carbocycles. The molecule has 3 heteroatoms. The molecule has 1 aromatic carbocycles. The fourth-order valence-electron chi connectivity index (χ4n) is 2.01. The summed E-state index contributed by atoms with van der Waals surface area (Å²) in [6.07, 6.45) is 3.60. The van der Waals surface area contributed by atoms with Crippen molar-refractivity contribution in [3.05, 3.63) is 39.7 Å². The Morgan fingerprint density at radius 3 is 2.56 bits per heavy atom. The van der Waals surface area contributed by atoms with E-state index in [1.54, 1.807) is 11.3 Å². The van der Waals surface area contributed by atoms with Crippen LogP contribution in [0.2, 0.25) is 0 Å². The van der Waals surface area contributed by atoms with Gasteiger partial charge in [-0.1, -0.05) is 37.6 Å². The van der Waals surface area contributed by atoms with Crippen molar-refractivity contribution in [2.24, 2.45) is 0 Å². The lowest BCUT2D eigenvalue weighted by Crippen LogP contribution is -1.88. The average molecular weight is 261 g/mol. The lowest BCUT2D eigenvalue weighted by atomic mass is 10.0. The molecule has 0 fully saturated rings. The maximum atomic E-state index is 9.33. The number of aliphatic hydroxyl groups excluding tert-OH is 1. The Kier molecular flexibility index (Phi) is 4.50. The van der Waals surface area contributed by atoms with Crippen LogP contribution in [0.5, 0.6) is 0 Å². The Bertz CT molecular complexity index is 502. The normalized spacial score (nSPS) is 10.8. The first-order chi connectivity index (χ1) is 8.74. The number of aromatic nitrogens is 1. The van der Waals surface area contributed by atoms with Crippen molar-refractivity contribution in [2.45, 2.75) is 39.7 Å². The van der Waals surface area contributed by atoms with E-state index in [0.29, 0.717) is 0 Å². The van der Waals surface area contributed by atoms with E-state index < -0.39 is 0 Å². The number of unbranched alkanes of at least 4 members (excludes halogenated alkanes) is 1. The standard InChI is InChI=1S/C15H19NOS/c1-3-4-5-12-6-8-13(9-7-12)15-14(10-17)18-11(2)16-15/h6-9,17H,3-5,10H2,1-2H3. The smallest absolute Gasteiger partial charge is 0.0905 e. The van der Waals surface area contributed by atoms with Crippen LogP contribution in [-0.4, -0.2) is 10.1 Å². The Morgan fingerprint density at radius 2 is 1.94 bits per heavy atom. The Balaban J connectivity index is 2.22. The summed E-state index contributed by atoms with van der Waals surface area (Å²) in [7, 11) is 0. The van der Waals surface area contributed by atoms with E-state index in [1.807, 2.05) is 6.92 Å². The second-order valence-corrected chi connectivity index (χ2v) is 5.75. The second-order valence-electron chi connectivity index (χ2n) is 4.46. The minimum atomic E-state index is 0.0679. The van der Waals surface area contributed by atoms with Crippen LogP contribution >= 0.6 is 11.3 Å². The summed E-state index contributed by atoms with van der Waals surface area (Å²) in [6.45, 7) is 4.25. The molecule has 0 saturated heterocycles. The van der Waals surface area contributed by atoms with Crippen LogP contribution < -0.4 is 0 Å². The molecule has 2 nitrogen and oxygen atoms in total. The molecule has 0 atom stereocenters. The van der Waals surface area contributed by atoms with Gasteiger partial charge in [0.25, 0.3) is 0 Å². The minimum Gasteiger partial charge on any atom is -0.391 e. The molecule has 0 aliphatic carbocycles. The first-order valence-electron chi connectivity index (χ1n) is 6.41. The van der Waals surface area contributed by atoms with Gasteiger partial charge in [-0.25, -0.2) is 4.98 Å². The van der Waals surface area contributed by atoms with Crippen molar-refractivity contribution in [3.63, 3.8) is 0 Å². The molecular formula is C15H19NOS. The number of hydrogen-bond acceptors (Lipinski definition) is 3. The van der Waals surface area contributed by atoms with Crippen LogP contribution in [0, 0.1) is 6.92 Å². The SMILES string of the molecule is CCCCc1ccc(-c2nc(C)sc2CO)cc1. The van der Waals surface area contributed by atoms with Crippen LogP contribution in [0.3, 0.4) is 0 Å². The van der Waals surface area contributed by atoms with Gasteiger partial charge in [0.05, 0.1) is 22.2 Å². The highest BCUT2D eigenvalue weighted by molar-refractivity contribution is 7.12. The summed E-state index contributed by atoms with van der Waals surface area (Å²) >= 11 is 1.57. The lowest BCUT2D eigenvalue weighted by molar-refractivity contribution is 0.286. The third-order valence-electron chi connectivity index (χ3n) is 2.99. The number of thiazole rings is 1. The second kappa shape index (κ2) is 6.12. The summed E-state index contributed by atoms with van der Waals surface area (Å²) in [6, 6.07) is 8.55. The Morgan fingerprint density at radius 1 is 1.22 bits per heavy atom. The van der Waals surface area contributed by atoms with Crippen molar-refractivity contribution in [2.75, 3.05) is 0 Å². The third-order valence-corrected chi connectivity index (χ3v) is 3.95. The minimum absolute atomic E-state index is 0.0679. The van der Waals surface area contributed by atoms with Crippen molar-refractivity contribution >= 4 is 11.3 Å². The predicted octanol–water partition coefficient (Wildman–Crippen LogP) is 3.95. The van der Waals surface area contributed by atoms with Gasteiger partial charge in [0.1, 0.15) is 0 Å². The van der Waals surface area contributed by atoms with Crippen LogP contribution in [0.1, 0.15) is 35.2 Å². The number of benzene rings is 1. The summed E-state index contributed by atoms with van der Waals surface area (Å²) in [4.78, 5) is 5.45. The third kappa shape index (κ3) is 2.98. The predicted molar refractivity (Wildman–Crippen MR) is 76.8 cm³/mol. The summed E-state index contributed by atoms with van der Waals surface area (Å²) < 4.78 is 0. The highest BCUT2D eigenvalue weighted by atomic mass is 32.1. The van der Waals surface area contributed by atoms with E-state index in [4.69, 9.17) is 0 Å². The Labute approximate surface area is 112 Å². The van der Waals surface area contributed by atoms with E-state index in [9.17, 15) is 5.11 Å². The van der Waals surface area contributed by atoms with Crippen molar-refractivity contribution in [3.8, 4) is 11.3 Å². The molecule has 96 valence electrons. The van der Waals surface area contributed by atoms with Gasteiger partial charge in [-0.15, -0.1) is 11.3 Å². The first-order valence-corrected chi connectivity index (χ1v) is 7.22. The molecule has 0 unspecified atom stereocenters. The quantitative estimate of drug-likeness (QED) is 0.884. The van der Waals surface area contributed by atoms with Crippen LogP contribution in [0.15, 0.2) is 24.3 Å². The van der Waals surface area contributed by atoms with E-state index >= 15 is 0 Å². The van der Waals surface area contributed by atoms with Crippen LogP contribution in [0.25, 0.3) is 11.3 Å². The fraction of sp³-hybridized carbons (Fsp3) is 0.400. The van der Waals surface area contributed by atoms with Crippen molar-refractivity contribution in [1.82, 2.24) is 4.98 Å². The summed E-state index contributed by atoms with van der Waals surface area (Å²) in [5, 5.41) is 10.3. The molecule has 2 rings (SSSR count). The molecule has 0 radical (unpaired) electrons. The topological polar surface area (TPSA) is 33.1 Å². The molecule has 1 N–H and O–H groups in total. The molecule has 0 bridgehead atoms. The van der Waals surface area contributed by atoms with Crippen molar-refractivity contribution in [1.29, 1.82) is 0 Å². The van der Waals surface area contributed by atoms with E-state index in [-0.39, 0.29) is 6.61 Å². The summed E-state index contributed by atoms with van der Waals surface area (Å²) in [5.41, 5.74) is 3.41. The van der Waals surface area contributed by atoms with Gasteiger partial charge < -0.3 is 5.11 Å². The maximum Gasteiger partial charge on any atom is 0.0905 e. The fourth-order valence-corrected chi connectivity index (χ4v) is 2.83. The highest BCUT2D eigenvalue weighted by Crippen LogP contribution is 2.28. The van der Waals surface area contributed by atoms with Gasteiger partial charge in [0.2, 0.25) is 0 Å². The largest absolute Gasteiger partial charge is 0.391 e. The van der Waals surface area contributed by atoms with Gasteiger partial charge in [-0.05, 0) is 25.3 Å². The number of aryl methyl sites for hydroxylation is 2. The number of hydrogen-bond donors (Lipinski definition) is 1. The van der Waals surface area contributed by atoms with Gasteiger partial charge in [-0.2, -0.15) is 0 Å². The van der Waals surface area contributed by atoms with Gasteiger partial charge in [0, 0.05) is 5.56 Å². The molecular weight excluding hydrogens is 242 g/mol. The van der Waals surface area contributed by atoms with Gasteiger partial charge in [-0.3, -0.25) is 0 Å². The zero-order valence-corrected chi connectivity index (χ0v) is 11.8. The van der Waals surface area contributed by atoms with Crippen LogP contribution in [0.4, 0.5) is 0 Å². The zero-order chi connectivity index (χ0) is 13.0. The van der Waals surface area contributed by atoms with E-state index in [1.165, 1.54) is 18.4 Å². The molecule has 0 spiro atoms. The van der Waals surface area contributed by atoms with Crippen LogP contribution in [-0.2, 0) is 13.0 Å². The molecule has 18 heavy (non-hydrogen) atoms. The molecule has 0 aliphatic heterocycles. The van der Waals surface area contributed by atoms with E-state index in [0.717, 1.165) is 27.6 Å². The average Bonchev–Trinajstić information content (AvgIpc) is 2.78. The molecule has 0 aliphatic rings. The zero-order valence-electron chi connectivity index (χ0n) is 10.9.